The predicted molar refractivity (Wildman–Crippen MR) is 71.9 cm³/mol. The number of methoxy groups -OCH3 is 1. The second-order valence-electron chi connectivity index (χ2n) is 5.00. The number of hydrogen-bond donors (Lipinski definition) is 2. The first-order valence-corrected chi connectivity index (χ1v) is 6.86. The molecule has 2 heterocycles. The van der Waals surface area contributed by atoms with Gasteiger partial charge in [-0.1, -0.05) is 0 Å². The van der Waals surface area contributed by atoms with Crippen molar-refractivity contribution in [1.29, 1.82) is 0 Å². The molecule has 0 aromatic carbocycles. The quantitative estimate of drug-likeness (QED) is 0.870. The Balaban J connectivity index is 1.97. The lowest BCUT2D eigenvalue weighted by Gasteiger charge is -2.21. The molecule has 1 aliphatic heterocycles. The summed E-state index contributed by atoms with van der Waals surface area (Å²) >= 11 is 1.55. The van der Waals surface area contributed by atoms with Gasteiger partial charge < -0.3 is 15.4 Å². The average molecular weight is 269 g/mol. The van der Waals surface area contributed by atoms with Crippen LogP contribution < -0.4 is 10.6 Å². The lowest BCUT2D eigenvalue weighted by molar-refractivity contribution is -0.121. The summed E-state index contributed by atoms with van der Waals surface area (Å²) < 4.78 is 5.24. The first-order chi connectivity index (χ1) is 8.50. The normalized spacial score (nSPS) is 15.3. The van der Waals surface area contributed by atoms with Gasteiger partial charge in [-0.3, -0.25) is 4.79 Å². The Hall–Kier alpha value is -0.980. The fourth-order valence-electron chi connectivity index (χ4n) is 1.80. The average Bonchev–Trinajstić information content (AvgIpc) is 2.70. The number of carbonyl (C=O) groups is 1. The maximum Gasteiger partial charge on any atom is 0.229 e. The van der Waals surface area contributed by atoms with Crippen LogP contribution in [-0.4, -0.2) is 30.1 Å². The van der Waals surface area contributed by atoms with Crippen LogP contribution in [0.15, 0.2) is 0 Å². The van der Waals surface area contributed by atoms with Gasteiger partial charge in [-0.15, -0.1) is 11.3 Å². The summed E-state index contributed by atoms with van der Waals surface area (Å²) in [7, 11) is 1.61. The molecule has 0 fully saturated rings. The zero-order valence-electron chi connectivity index (χ0n) is 11.0. The van der Waals surface area contributed by atoms with E-state index in [1.165, 1.54) is 4.88 Å². The Labute approximate surface area is 111 Å². The van der Waals surface area contributed by atoms with Crippen molar-refractivity contribution >= 4 is 22.4 Å². The Morgan fingerprint density at radius 2 is 2.39 bits per heavy atom. The van der Waals surface area contributed by atoms with Crippen LogP contribution in [0, 0.1) is 0 Å². The second-order valence-corrected chi connectivity index (χ2v) is 6.09. The van der Waals surface area contributed by atoms with Crippen LogP contribution in [0.1, 0.15) is 30.8 Å². The van der Waals surface area contributed by atoms with Gasteiger partial charge in [-0.05, 0) is 13.8 Å². The predicted octanol–water partition coefficient (Wildman–Crippen LogP) is 1.54. The highest BCUT2D eigenvalue weighted by Gasteiger charge is 2.22. The molecule has 0 saturated carbocycles. The van der Waals surface area contributed by atoms with Crippen LogP contribution in [0.3, 0.4) is 0 Å². The Bertz CT molecular complexity index is 419. The van der Waals surface area contributed by atoms with Gasteiger partial charge in [0.1, 0.15) is 0 Å². The number of fused-ring (bicyclic) bond motifs is 1. The molecular formula is C12H19N3O2S. The van der Waals surface area contributed by atoms with Gasteiger partial charge in [0.15, 0.2) is 5.13 Å². The highest BCUT2D eigenvalue weighted by molar-refractivity contribution is 7.15. The van der Waals surface area contributed by atoms with Crippen molar-refractivity contribution in [2.24, 2.45) is 0 Å². The smallest absolute Gasteiger partial charge is 0.229 e. The Morgan fingerprint density at radius 1 is 1.61 bits per heavy atom. The number of thiazole rings is 1. The van der Waals surface area contributed by atoms with Crippen molar-refractivity contribution in [3.63, 3.8) is 0 Å². The molecule has 0 atom stereocenters. The van der Waals surface area contributed by atoms with Crippen LogP contribution in [0.4, 0.5) is 5.13 Å². The number of anilines is 1. The molecule has 6 heteroatoms. The summed E-state index contributed by atoms with van der Waals surface area (Å²) in [4.78, 5) is 17.5. The van der Waals surface area contributed by atoms with Gasteiger partial charge in [-0.25, -0.2) is 4.98 Å². The summed E-state index contributed by atoms with van der Waals surface area (Å²) in [6.45, 7) is 5.60. The van der Waals surface area contributed by atoms with Crippen LogP contribution >= 0.6 is 11.3 Å². The molecule has 0 aliphatic carbocycles. The summed E-state index contributed by atoms with van der Waals surface area (Å²) in [5, 5.41) is 6.84. The molecule has 18 heavy (non-hydrogen) atoms. The molecule has 0 radical (unpaired) electrons. The largest absolute Gasteiger partial charge is 0.378 e. The van der Waals surface area contributed by atoms with E-state index >= 15 is 0 Å². The molecule has 1 aromatic heterocycles. The van der Waals surface area contributed by atoms with E-state index < -0.39 is 5.60 Å². The van der Waals surface area contributed by atoms with E-state index in [0.717, 1.165) is 25.2 Å². The first-order valence-electron chi connectivity index (χ1n) is 6.04. The Morgan fingerprint density at radius 3 is 3.06 bits per heavy atom. The molecule has 0 saturated heterocycles. The van der Waals surface area contributed by atoms with E-state index in [0.29, 0.717) is 11.6 Å². The van der Waals surface area contributed by atoms with Crippen molar-refractivity contribution < 1.29 is 9.53 Å². The molecular weight excluding hydrogens is 250 g/mol. The second kappa shape index (κ2) is 5.34. The maximum absolute atomic E-state index is 11.9. The summed E-state index contributed by atoms with van der Waals surface area (Å²) in [5.74, 6) is -0.0547. The number of ether oxygens (including phenoxy) is 1. The summed E-state index contributed by atoms with van der Waals surface area (Å²) in [6.07, 6.45) is 1.26. The molecule has 1 aliphatic rings. The number of hydrogen-bond acceptors (Lipinski definition) is 5. The van der Waals surface area contributed by atoms with E-state index in [4.69, 9.17) is 4.74 Å². The number of aromatic nitrogens is 1. The van der Waals surface area contributed by atoms with E-state index in [9.17, 15) is 4.79 Å². The fraction of sp³-hybridized carbons (Fsp3) is 0.667. The maximum atomic E-state index is 11.9. The monoisotopic (exact) mass is 269 g/mol. The van der Waals surface area contributed by atoms with Gasteiger partial charge in [0.2, 0.25) is 5.91 Å². The Kier molecular flexibility index (Phi) is 3.99. The van der Waals surface area contributed by atoms with Crippen LogP contribution in [0.5, 0.6) is 0 Å². The van der Waals surface area contributed by atoms with E-state index in [1.54, 1.807) is 18.4 Å². The highest BCUT2D eigenvalue weighted by atomic mass is 32.1. The number of nitrogens with zero attached hydrogens (tertiary/aromatic N) is 1. The molecule has 0 spiro atoms. The first kappa shape index (κ1) is 13.5. The lowest BCUT2D eigenvalue weighted by Crippen LogP contribution is -2.29. The standard InChI is InChI=1S/C12H19N3O2S/c1-12(2,17-3)6-10(16)15-11-14-8-4-5-13-7-9(8)18-11/h13H,4-7H2,1-3H3,(H,14,15,16). The van der Waals surface area contributed by atoms with Gasteiger partial charge >= 0.3 is 0 Å². The van der Waals surface area contributed by atoms with E-state index in [1.807, 2.05) is 13.8 Å². The third-order valence-corrected chi connectivity index (χ3v) is 4.00. The van der Waals surface area contributed by atoms with Crippen molar-refractivity contribution in [2.75, 3.05) is 19.0 Å². The van der Waals surface area contributed by atoms with E-state index in [2.05, 4.69) is 15.6 Å². The molecule has 5 nitrogen and oxygen atoms in total. The number of amides is 1. The minimum atomic E-state index is -0.442. The highest BCUT2D eigenvalue weighted by Crippen LogP contribution is 2.26. The molecule has 2 N–H and O–H groups in total. The molecule has 1 aromatic rings. The number of carbonyl (C=O) groups excluding carboxylic acids is 1. The summed E-state index contributed by atoms with van der Waals surface area (Å²) in [6, 6.07) is 0. The minimum absolute atomic E-state index is 0.0547. The third-order valence-electron chi connectivity index (χ3n) is 2.99. The van der Waals surface area contributed by atoms with Gasteiger partial charge in [0.05, 0.1) is 17.7 Å². The molecule has 1 amide bonds. The van der Waals surface area contributed by atoms with Crippen molar-refractivity contribution in [3.8, 4) is 0 Å². The number of nitrogens with one attached hydrogen (secondary N) is 2. The van der Waals surface area contributed by atoms with Gasteiger partial charge in [0.25, 0.3) is 0 Å². The zero-order valence-corrected chi connectivity index (χ0v) is 11.8. The number of rotatable bonds is 4. The summed E-state index contributed by atoms with van der Waals surface area (Å²) in [5.41, 5.74) is 0.669. The minimum Gasteiger partial charge on any atom is -0.378 e. The topological polar surface area (TPSA) is 63.2 Å². The fourth-order valence-corrected chi connectivity index (χ4v) is 2.80. The van der Waals surface area contributed by atoms with Gasteiger partial charge in [-0.2, -0.15) is 0 Å². The third kappa shape index (κ3) is 3.28. The van der Waals surface area contributed by atoms with E-state index in [-0.39, 0.29) is 5.91 Å². The molecule has 2 rings (SSSR count). The molecule has 0 unspecified atom stereocenters. The molecule has 0 bridgehead atoms. The van der Waals surface area contributed by atoms with Crippen LogP contribution in [0.25, 0.3) is 0 Å². The van der Waals surface area contributed by atoms with Crippen molar-refractivity contribution in [3.05, 3.63) is 10.6 Å². The lowest BCUT2D eigenvalue weighted by atomic mass is 10.1. The van der Waals surface area contributed by atoms with Crippen molar-refractivity contribution in [1.82, 2.24) is 10.3 Å². The van der Waals surface area contributed by atoms with Gasteiger partial charge in [0, 0.05) is 31.5 Å². The SMILES string of the molecule is COC(C)(C)CC(=O)Nc1nc2c(s1)CNCC2. The molecule has 100 valence electrons. The van der Waals surface area contributed by atoms with Crippen LogP contribution in [-0.2, 0) is 22.5 Å². The van der Waals surface area contributed by atoms with Crippen molar-refractivity contribution in [2.45, 2.75) is 38.8 Å². The zero-order chi connectivity index (χ0) is 13.2. The van der Waals surface area contributed by atoms with Crippen LogP contribution in [0.2, 0.25) is 0 Å².